The number of carbonyl (C=O) groups excluding carboxylic acids is 2. The third-order valence-electron chi connectivity index (χ3n) is 5.43. The van der Waals surface area contributed by atoms with E-state index in [1.807, 2.05) is 30.3 Å². The minimum absolute atomic E-state index is 0.0702. The quantitative estimate of drug-likeness (QED) is 0.664. The Morgan fingerprint density at radius 1 is 1.10 bits per heavy atom. The van der Waals surface area contributed by atoms with Crippen LogP contribution >= 0.6 is 0 Å². The molecule has 2 aromatic carbocycles. The Bertz CT molecular complexity index is 918. The van der Waals surface area contributed by atoms with Gasteiger partial charge >= 0.3 is 18.2 Å². The number of likely N-dealkylation sites (tertiary alicyclic amines) is 1. The van der Waals surface area contributed by atoms with Crippen molar-refractivity contribution in [3.05, 3.63) is 65.7 Å². The van der Waals surface area contributed by atoms with E-state index in [4.69, 9.17) is 4.74 Å². The van der Waals surface area contributed by atoms with Gasteiger partial charge in [0.1, 0.15) is 0 Å². The molecule has 5 nitrogen and oxygen atoms in total. The second-order valence-electron chi connectivity index (χ2n) is 7.66. The van der Waals surface area contributed by atoms with Gasteiger partial charge in [-0.3, -0.25) is 4.79 Å². The van der Waals surface area contributed by atoms with Gasteiger partial charge < -0.3 is 15.0 Å². The van der Waals surface area contributed by atoms with Crippen LogP contribution in [0.5, 0.6) is 0 Å². The maximum atomic E-state index is 13.3. The van der Waals surface area contributed by atoms with E-state index in [0.717, 1.165) is 11.6 Å². The maximum Gasteiger partial charge on any atom is 0.418 e. The van der Waals surface area contributed by atoms with E-state index in [-0.39, 0.29) is 18.8 Å². The van der Waals surface area contributed by atoms with Crippen molar-refractivity contribution in [1.82, 2.24) is 4.90 Å². The molecule has 0 bridgehead atoms. The van der Waals surface area contributed by atoms with Crippen molar-refractivity contribution in [3.63, 3.8) is 0 Å². The van der Waals surface area contributed by atoms with Crippen molar-refractivity contribution in [1.29, 1.82) is 0 Å². The van der Waals surface area contributed by atoms with E-state index < -0.39 is 29.2 Å². The molecule has 1 aliphatic heterocycles. The fraction of sp³-hybridized carbons (Fsp3) is 0.391. The Hall–Kier alpha value is -3.03. The number of halogens is 3. The molecular weight excluding hydrogens is 409 g/mol. The molecule has 1 atom stereocenters. The van der Waals surface area contributed by atoms with E-state index in [2.05, 4.69) is 5.32 Å². The van der Waals surface area contributed by atoms with Crippen molar-refractivity contribution >= 4 is 17.7 Å². The number of hydrogen-bond donors (Lipinski definition) is 1. The normalized spacial score (nSPS) is 19.0. The third-order valence-corrected chi connectivity index (χ3v) is 5.43. The van der Waals surface area contributed by atoms with E-state index in [1.54, 1.807) is 6.92 Å². The standard InChI is InChI=1S/C23H25F3N2O3/c1-2-31-20(29)22(15-17-9-4-3-5-10-17)13-8-14-28(16-22)21(30)27-19-12-7-6-11-18(19)23(24,25)26/h3-7,9-12H,2,8,13-16H2,1H3,(H,27,30)/t22-/m1/s1. The smallest absolute Gasteiger partial charge is 0.418 e. The molecule has 0 saturated carbocycles. The average Bonchev–Trinajstić information content (AvgIpc) is 2.74. The second kappa shape index (κ2) is 9.41. The molecule has 0 radical (unpaired) electrons. The summed E-state index contributed by atoms with van der Waals surface area (Å²) in [5, 5.41) is 2.37. The lowest BCUT2D eigenvalue weighted by Gasteiger charge is -2.41. The molecule has 3 rings (SSSR count). The number of ether oxygens (including phenoxy) is 1. The second-order valence-corrected chi connectivity index (χ2v) is 7.66. The van der Waals surface area contributed by atoms with Gasteiger partial charge in [0.15, 0.2) is 0 Å². The van der Waals surface area contributed by atoms with Gasteiger partial charge in [-0.2, -0.15) is 13.2 Å². The molecular formula is C23H25F3N2O3. The minimum Gasteiger partial charge on any atom is -0.466 e. The number of nitrogens with zero attached hydrogens (tertiary/aromatic N) is 1. The number of alkyl halides is 3. The summed E-state index contributed by atoms with van der Waals surface area (Å²) in [6, 6.07) is 13.6. The van der Waals surface area contributed by atoms with Crippen LogP contribution in [0.3, 0.4) is 0 Å². The van der Waals surface area contributed by atoms with E-state index in [1.165, 1.54) is 23.1 Å². The third kappa shape index (κ3) is 5.37. The largest absolute Gasteiger partial charge is 0.466 e. The summed E-state index contributed by atoms with van der Waals surface area (Å²) in [5.41, 5.74) is -1.24. The highest BCUT2D eigenvalue weighted by molar-refractivity contribution is 5.91. The highest BCUT2D eigenvalue weighted by Crippen LogP contribution is 2.37. The molecule has 0 aliphatic carbocycles. The first-order chi connectivity index (χ1) is 14.7. The highest BCUT2D eigenvalue weighted by atomic mass is 19.4. The number of para-hydroxylation sites is 1. The number of piperidine rings is 1. The lowest BCUT2D eigenvalue weighted by molar-refractivity contribution is -0.158. The lowest BCUT2D eigenvalue weighted by Crippen LogP contribution is -2.52. The summed E-state index contributed by atoms with van der Waals surface area (Å²) in [6.07, 6.45) is -3.13. The zero-order valence-corrected chi connectivity index (χ0v) is 17.2. The van der Waals surface area contributed by atoms with Crippen LogP contribution in [-0.2, 0) is 22.1 Å². The molecule has 1 fully saturated rings. The Kier molecular flexibility index (Phi) is 6.87. The monoisotopic (exact) mass is 434 g/mol. The van der Waals surface area contributed by atoms with Gasteiger partial charge in [-0.25, -0.2) is 4.79 Å². The minimum atomic E-state index is -4.59. The Morgan fingerprint density at radius 3 is 2.45 bits per heavy atom. The molecule has 166 valence electrons. The molecule has 8 heteroatoms. The summed E-state index contributed by atoms with van der Waals surface area (Å²) in [6.45, 7) is 2.34. The number of nitrogens with one attached hydrogen (secondary N) is 1. The van der Waals surface area contributed by atoms with Gasteiger partial charge in [-0.1, -0.05) is 42.5 Å². The molecule has 0 spiro atoms. The maximum absolute atomic E-state index is 13.3. The van der Waals surface area contributed by atoms with Gasteiger partial charge in [0.2, 0.25) is 0 Å². The van der Waals surface area contributed by atoms with Crippen LogP contribution in [0.4, 0.5) is 23.7 Å². The predicted octanol–water partition coefficient (Wildman–Crippen LogP) is 5.13. The number of urea groups is 1. The summed E-state index contributed by atoms with van der Waals surface area (Å²) in [7, 11) is 0. The van der Waals surface area contributed by atoms with Crippen molar-refractivity contribution in [3.8, 4) is 0 Å². The number of esters is 1. The number of hydrogen-bond acceptors (Lipinski definition) is 3. The first kappa shape index (κ1) is 22.7. The first-order valence-corrected chi connectivity index (χ1v) is 10.2. The number of amides is 2. The Labute approximate surface area is 179 Å². The van der Waals surface area contributed by atoms with Crippen LogP contribution in [0.2, 0.25) is 0 Å². The molecule has 0 aromatic heterocycles. The van der Waals surface area contributed by atoms with Crippen molar-refractivity contribution in [2.24, 2.45) is 5.41 Å². The molecule has 1 saturated heterocycles. The van der Waals surface area contributed by atoms with Gasteiger partial charge in [0, 0.05) is 13.1 Å². The first-order valence-electron chi connectivity index (χ1n) is 10.2. The number of carbonyl (C=O) groups is 2. The van der Waals surface area contributed by atoms with Crippen molar-refractivity contribution in [2.45, 2.75) is 32.4 Å². The van der Waals surface area contributed by atoms with Crippen LogP contribution in [0.15, 0.2) is 54.6 Å². The fourth-order valence-electron chi connectivity index (χ4n) is 3.99. The highest BCUT2D eigenvalue weighted by Gasteiger charge is 2.45. The van der Waals surface area contributed by atoms with Crippen molar-refractivity contribution < 1.29 is 27.5 Å². The topological polar surface area (TPSA) is 58.6 Å². The SMILES string of the molecule is CCOC(=O)[C@@]1(Cc2ccccc2)CCCN(C(=O)Nc2ccccc2C(F)(F)F)C1. The van der Waals surface area contributed by atoms with Gasteiger partial charge in [-0.15, -0.1) is 0 Å². The summed E-state index contributed by atoms with van der Waals surface area (Å²) in [5.74, 6) is -0.396. The van der Waals surface area contributed by atoms with Crippen LogP contribution in [0.1, 0.15) is 30.9 Å². The fourth-order valence-corrected chi connectivity index (χ4v) is 3.99. The van der Waals surface area contributed by atoms with Crippen molar-refractivity contribution in [2.75, 3.05) is 25.0 Å². The molecule has 31 heavy (non-hydrogen) atoms. The van der Waals surface area contributed by atoms with Gasteiger partial charge in [0.05, 0.1) is 23.3 Å². The zero-order valence-electron chi connectivity index (χ0n) is 17.2. The van der Waals surface area contributed by atoms with E-state index in [0.29, 0.717) is 25.8 Å². The van der Waals surface area contributed by atoms with Crippen LogP contribution in [-0.4, -0.2) is 36.6 Å². The van der Waals surface area contributed by atoms with Gasteiger partial charge in [-0.05, 0) is 43.9 Å². The Balaban J connectivity index is 1.82. The molecule has 2 amide bonds. The number of benzene rings is 2. The number of rotatable bonds is 5. The molecule has 0 unspecified atom stereocenters. The Morgan fingerprint density at radius 2 is 1.77 bits per heavy atom. The number of anilines is 1. The summed E-state index contributed by atoms with van der Waals surface area (Å²) >= 11 is 0. The summed E-state index contributed by atoms with van der Waals surface area (Å²) in [4.78, 5) is 27.2. The molecule has 2 aromatic rings. The molecule has 1 aliphatic rings. The van der Waals surface area contributed by atoms with Gasteiger partial charge in [0.25, 0.3) is 0 Å². The zero-order chi connectivity index (χ0) is 22.5. The van der Waals surface area contributed by atoms with Crippen LogP contribution in [0.25, 0.3) is 0 Å². The predicted molar refractivity (Wildman–Crippen MR) is 110 cm³/mol. The van der Waals surface area contributed by atoms with Crippen LogP contribution in [0, 0.1) is 5.41 Å². The molecule has 1 heterocycles. The van der Waals surface area contributed by atoms with E-state index in [9.17, 15) is 22.8 Å². The molecule has 1 N–H and O–H groups in total. The summed E-state index contributed by atoms with van der Waals surface area (Å²) < 4.78 is 45.1. The van der Waals surface area contributed by atoms with Crippen LogP contribution < -0.4 is 5.32 Å². The average molecular weight is 434 g/mol. The van der Waals surface area contributed by atoms with E-state index >= 15 is 0 Å². The lowest BCUT2D eigenvalue weighted by atomic mass is 9.75.